The minimum Gasteiger partial charge on any atom is -0.478 e. The number of amides is 2. The topological polar surface area (TPSA) is 78.4 Å². The first-order chi connectivity index (χ1) is 9.31. The molecule has 20 heavy (non-hydrogen) atoms. The molecular weight excluding hydrogens is 303 g/mol. The number of urea groups is 1. The number of carbonyl (C=O) groups is 2. The summed E-state index contributed by atoms with van der Waals surface area (Å²) in [7, 11) is 0. The molecule has 0 saturated heterocycles. The van der Waals surface area contributed by atoms with Gasteiger partial charge in [0, 0.05) is 6.54 Å². The summed E-state index contributed by atoms with van der Waals surface area (Å²) < 4.78 is 0. The molecule has 1 aromatic carbocycles. The molecule has 0 aliphatic carbocycles. The van der Waals surface area contributed by atoms with Gasteiger partial charge in [0.1, 0.15) is 0 Å². The summed E-state index contributed by atoms with van der Waals surface area (Å²) in [6, 6.07) is 2.04. The third kappa shape index (κ3) is 4.90. The summed E-state index contributed by atoms with van der Waals surface area (Å²) in [4.78, 5) is 22.5. The Morgan fingerprint density at radius 2 is 1.80 bits per heavy atom. The Balaban J connectivity index is 2.73. The van der Waals surface area contributed by atoms with E-state index >= 15 is 0 Å². The van der Waals surface area contributed by atoms with E-state index in [0.29, 0.717) is 12.5 Å². The highest BCUT2D eigenvalue weighted by Crippen LogP contribution is 2.31. The monoisotopic (exact) mass is 318 g/mol. The summed E-state index contributed by atoms with van der Waals surface area (Å²) in [5.74, 6) is -0.654. The molecule has 1 rings (SSSR count). The summed E-state index contributed by atoms with van der Waals surface area (Å²) >= 11 is 11.8. The highest BCUT2D eigenvalue weighted by molar-refractivity contribution is 6.40. The molecule has 7 heteroatoms. The molecule has 0 aliphatic heterocycles. The van der Waals surface area contributed by atoms with Crippen LogP contribution in [0.5, 0.6) is 0 Å². The lowest BCUT2D eigenvalue weighted by Gasteiger charge is -2.12. The van der Waals surface area contributed by atoms with Crippen LogP contribution < -0.4 is 10.6 Å². The number of anilines is 1. The molecule has 0 fully saturated rings. The van der Waals surface area contributed by atoms with Gasteiger partial charge in [0.25, 0.3) is 0 Å². The number of benzene rings is 1. The maximum Gasteiger partial charge on any atom is 0.335 e. The highest BCUT2D eigenvalue weighted by Gasteiger charge is 2.14. The standard InChI is InChI=1S/C13H16Cl2N2O3/c1-7(2)3-4-16-13(20)17-11-9(14)5-8(12(18)19)6-10(11)15/h5-7H,3-4H2,1-2H3,(H,18,19)(H2,16,17,20). The van der Waals surface area contributed by atoms with E-state index in [2.05, 4.69) is 24.5 Å². The first kappa shape index (κ1) is 16.6. The fraction of sp³-hybridized carbons (Fsp3) is 0.385. The molecule has 2 amide bonds. The Morgan fingerprint density at radius 3 is 2.25 bits per heavy atom. The van der Waals surface area contributed by atoms with Crippen molar-refractivity contribution in [2.45, 2.75) is 20.3 Å². The largest absolute Gasteiger partial charge is 0.478 e. The number of carbonyl (C=O) groups excluding carboxylic acids is 1. The van der Waals surface area contributed by atoms with Gasteiger partial charge in [-0.25, -0.2) is 9.59 Å². The van der Waals surface area contributed by atoms with Crippen molar-refractivity contribution >= 4 is 40.9 Å². The van der Waals surface area contributed by atoms with Crippen molar-refractivity contribution in [1.29, 1.82) is 0 Å². The van der Waals surface area contributed by atoms with Gasteiger partial charge in [0.05, 0.1) is 21.3 Å². The molecule has 0 radical (unpaired) electrons. The van der Waals surface area contributed by atoms with Crippen LogP contribution in [0.25, 0.3) is 0 Å². The van der Waals surface area contributed by atoms with Gasteiger partial charge >= 0.3 is 12.0 Å². The van der Waals surface area contributed by atoms with Gasteiger partial charge in [-0.05, 0) is 24.5 Å². The number of hydrogen-bond acceptors (Lipinski definition) is 2. The van der Waals surface area contributed by atoms with E-state index in [9.17, 15) is 9.59 Å². The smallest absolute Gasteiger partial charge is 0.335 e. The second-order valence-corrected chi connectivity index (χ2v) is 5.50. The van der Waals surface area contributed by atoms with Crippen LogP contribution >= 0.6 is 23.2 Å². The van der Waals surface area contributed by atoms with Crippen LogP contribution in [0, 0.1) is 5.92 Å². The first-order valence-corrected chi connectivity index (χ1v) is 6.84. The highest BCUT2D eigenvalue weighted by atomic mass is 35.5. The molecule has 0 bridgehead atoms. The fourth-order valence-electron chi connectivity index (χ4n) is 1.45. The van der Waals surface area contributed by atoms with Gasteiger partial charge in [-0.1, -0.05) is 37.0 Å². The van der Waals surface area contributed by atoms with Gasteiger partial charge < -0.3 is 15.7 Å². The van der Waals surface area contributed by atoms with Gasteiger partial charge in [-0.15, -0.1) is 0 Å². The maximum absolute atomic E-state index is 11.7. The Kier molecular flexibility index (Phi) is 6.10. The second-order valence-electron chi connectivity index (χ2n) is 4.68. The van der Waals surface area contributed by atoms with E-state index in [1.165, 1.54) is 12.1 Å². The van der Waals surface area contributed by atoms with Crippen molar-refractivity contribution in [2.24, 2.45) is 5.92 Å². The van der Waals surface area contributed by atoms with E-state index in [1.54, 1.807) is 0 Å². The van der Waals surface area contributed by atoms with Crippen LogP contribution in [0.1, 0.15) is 30.6 Å². The van der Waals surface area contributed by atoms with Crippen LogP contribution in [-0.4, -0.2) is 23.7 Å². The molecule has 0 spiro atoms. The predicted octanol–water partition coefficient (Wildman–Crippen LogP) is 3.86. The van der Waals surface area contributed by atoms with Crippen molar-refractivity contribution in [3.63, 3.8) is 0 Å². The Labute approximate surface area is 127 Å². The quantitative estimate of drug-likeness (QED) is 0.771. The van der Waals surface area contributed by atoms with Crippen LogP contribution in [0.4, 0.5) is 10.5 Å². The predicted molar refractivity (Wildman–Crippen MR) is 79.9 cm³/mol. The van der Waals surface area contributed by atoms with Gasteiger partial charge in [0.2, 0.25) is 0 Å². The van der Waals surface area contributed by atoms with Crippen LogP contribution in [-0.2, 0) is 0 Å². The van der Waals surface area contributed by atoms with E-state index < -0.39 is 12.0 Å². The van der Waals surface area contributed by atoms with Crippen LogP contribution in [0.3, 0.4) is 0 Å². The lowest BCUT2D eigenvalue weighted by atomic mass is 10.1. The molecule has 0 unspecified atom stereocenters. The minimum atomic E-state index is -1.14. The molecule has 0 saturated carbocycles. The van der Waals surface area contributed by atoms with Gasteiger partial charge in [-0.2, -0.15) is 0 Å². The third-order valence-corrected chi connectivity index (χ3v) is 3.13. The van der Waals surface area contributed by atoms with E-state index in [0.717, 1.165) is 6.42 Å². The molecule has 110 valence electrons. The normalized spacial score (nSPS) is 10.4. The molecule has 0 aliphatic rings. The number of rotatable bonds is 5. The van der Waals surface area contributed by atoms with Crippen molar-refractivity contribution in [3.8, 4) is 0 Å². The molecule has 0 heterocycles. The Bertz CT molecular complexity index is 495. The van der Waals surface area contributed by atoms with E-state index in [-0.39, 0.29) is 21.3 Å². The number of halogens is 2. The zero-order valence-corrected chi connectivity index (χ0v) is 12.7. The average Bonchev–Trinajstić information content (AvgIpc) is 2.32. The number of carboxylic acids is 1. The molecule has 3 N–H and O–H groups in total. The Hall–Kier alpha value is -1.46. The van der Waals surface area contributed by atoms with Crippen LogP contribution in [0.15, 0.2) is 12.1 Å². The number of aromatic carboxylic acids is 1. The SMILES string of the molecule is CC(C)CCNC(=O)Nc1c(Cl)cc(C(=O)O)cc1Cl. The Morgan fingerprint density at radius 1 is 1.25 bits per heavy atom. The van der Waals surface area contributed by atoms with E-state index in [1.807, 2.05) is 0 Å². The van der Waals surface area contributed by atoms with Crippen molar-refractivity contribution in [3.05, 3.63) is 27.7 Å². The van der Waals surface area contributed by atoms with Crippen LogP contribution in [0.2, 0.25) is 10.0 Å². The molecular formula is C13H16Cl2N2O3. The maximum atomic E-state index is 11.7. The number of nitrogens with one attached hydrogen (secondary N) is 2. The lowest BCUT2D eigenvalue weighted by molar-refractivity contribution is 0.0697. The summed E-state index contributed by atoms with van der Waals surface area (Å²) in [6.07, 6.45) is 0.854. The summed E-state index contributed by atoms with van der Waals surface area (Å²) in [5, 5.41) is 14.2. The zero-order chi connectivity index (χ0) is 15.3. The third-order valence-electron chi connectivity index (χ3n) is 2.53. The van der Waals surface area contributed by atoms with Crippen molar-refractivity contribution in [1.82, 2.24) is 5.32 Å². The number of hydrogen-bond donors (Lipinski definition) is 3. The zero-order valence-electron chi connectivity index (χ0n) is 11.2. The molecule has 0 atom stereocenters. The average molecular weight is 319 g/mol. The molecule has 1 aromatic rings. The second kappa shape index (κ2) is 7.36. The molecule has 0 aromatic heterocycles. The summed E-state index contributed by atoms with van der Waals surface area (Å²) in [6.45, 7) is 4.64. The summed E-state index contributed by atoms with van der Waals surface area (Å²) in [5.41, 5.74) is 0.158. The lowest BCUT2D eigenvalue weighted by Crippen LogP contribution is -2.30. The fourth-order valence-corrected chi connectivity index (χ4v) is 2.03. The van der Waals surface area contributed by atoms with Gasteiger partial charge in [-0.3, -0.25) is 0 Å². The van der Waals surface area contributed by atoms with Crippen molar-refractivity contribution < 1.29 is 14.7 Å². The van der Waals surface area contributed by atoms with Crippen molar-refractivity contribution in [2.75, 3.05) is 11.9 Å². The number of carboxylic acid groups (broad SMARTS) is 1. The molecule has 5 nitrogen and oxygen atoms in total. The van der Waals surface area contributed by atoms with Gasteiger partial charge in [0.15, 0.2) is 0 Å². The minimum absolute atomic E-state index is 0.0363. The van der Waals surface area contributed by atoms with E-state index in [4.69, 9.17) is 28.3 Å². The first-order valence-electron chi connectivity index (χ1n) is 6.08.